The first-order valence-electron chi connectivity index (χ1n) is 8.38. The number of benzene rings is 1. The molecule has 1 aliphatic heterocycles. The zero-order valence-electron chi connectivity index (χ0n) is 14.3. The molecule has 24 heavy (non-hydrogen) atoms. The Morgan fingerprint density at radius 1 is 1.12 bits per heavy atom. The second-order valence-corrected chi connectivity index (χ2v) is 6.24. The van der Waals surface area contributed by atoms with Crippen molar-refractivity contribution in [2.45, 2.75) is 20.4 Å². The molecule has 3 rings (SSSR count). The standard InChI is InChI=1S/C19H24N4O/c1-15-6-7-18(16(2)13-15)22-9-11-23(12-10-22)19(24)21-14-17-5-3-4-8-20-17/h3-8,13H,9-12,14H2,1-2H3,(H,21,24). The number of pyridine rings is 1. The molecule has 2 amide bonds. The van der Waals surface area contributed by atoms with E-state index in [4.69, 9.17) is 0 Å². The van der Waals surface area contributed by atoms with E-state index in [2.05, 4.69) is 47.2 Å². The Bertz CT molecular complexity index is 694. The van der Waals surface area contributed by atoms with Gasteiger partial charge in [-0.15, -0.1) is 0 Å². The third kappa shape index (κ3) is 3.85. The fraction of sp³-hybridized carbons (Fsp3) is 0.368. The predicted molar refractivity (Wildman–Crippen MR) is 96.2 cm³/mol. The number of carbonyl (C=O) groups is 1. The first kappa shape index (κ1) is 16.3. The van der Waals surface area contributed by atoms with Gasteiger partial charge in [0.15, 0.2) is 0 Å². The predicted octanol–water partition coefficient (Wildman–Crippen LogP) is 2.73. The zero-order valence-corrected chi connectivity index (χ0v) is 14.3. The van der Waals surface area contributed by atoms with Crippen molar-refractivity contribution in [2.75, 3.05) is 31.1 Å². The Kier molecular flexibility index (Phi) is 4.99. The van der Waals surface area contributed by atoms with E-state index in [1.807, 2.05) is 23.1 Å². The third-order valence-corrected chi connectivity index (χ3v) is 4.41. The molecule has 126 valence electrons. The van der Waals surface area contributed by atoms with Crippen LogP contribution in [0.2, 0.25) is 0 Å². The number of anilines is 1. The molecule has 0 saturated carbocycles. The maximum absolute atomic E-state index is 12.3. The molecule has 0 aliphatic carbocycles. The lowest BCUT2D eigenvalue weighted by atomic mass is 10.1. The smallest absolute Gasteiger partial charge is 0.317 e. The number of aryl methyl sites for hydroxylation is 2. The minimum Gasteiger partial charge on any atom is -0.368 e. The molecule has 1 fully saturated rings. The molecule has 5 nitrogen and oxygen atoms in total. The average Bonchev–Trinajstić information content (AvgIpc) is 2.61. The van der Waals surface area contributed by atoms with Crippen molar-refractivity contribution in [1.82, 2.24) is 15.2 Å². The SMILES string of the molecule is Cc1ccc(N2CCN(C(=O)NCc3ccccn3)CC2)c(C)c1. The van der Waals surface area contributed by atoms with Crippen LogP contribution in [0.5, 0.6) is 0 Å². The van der Waals surface area contributed by atoms with Crippen LogP contribution in [0.1, 0.15) is 16.8 Å². The first-order chi connectivity index (χ1) is 11.6. The number of rotatable bonds is 3. The van der Waals surface area contributed by atoms with Crippen LogP contribution in [0, 0.1) is 13.8 Å². The number of carbonyl (C=O) groups excluding carboxylic acids is 1. The van der Waals surface area contributed by atoms with E-state index in [-0.39, 0.29) is 6.03 Å². The Labute approximate surface area is 143 Å². The minimum absolute atomic E-state index is 0.0130. The van der Waals surface area contributed by atoms with Gasteiger partial charge in [0.05, 0.1) is 12.2 Å². The van der Waals surface area contributed by atoms with Gasteiger partial charge in [-0.1, -0.05) is 23.8 Å². The van der Waals surface area contributed by atoms with Crippen molar-refractivity contribution in [1.29, 1.82) is 0 Å². The number of piperazine rings is 1. The molecular formula is C19H24N4O. The summed E-state index contributed by atoms with van der Waals surface area (Å²) in [6.45, 7) is 7.93. The van der Waals surface area contributed by atoms with Crippen LogP contribution in [0.4, 0.5) is 10.5 Å². The number of amides is 2. The summed E-state index contributed by atoms with van der Waals surface area (Å²) >= 11 is 0. The molecule has 1 aliphatic rings. The number of hydrogen-bond acceptors (Lipinski definition) is 3. The second kappa shape index (κ2) is 7.34. The quantitative estimate of drug-likeness (QED) is 0.944. The molecular weight excluding hydrogens is 300 g/mol. The van der Waals surface area contributed by atoms with E-state index in [1.165, 1.54) is 16.8 Å². The maximum atomic E-state index is 12.3. The van der Waals surface area contributed by atoms with Gasteiger partial charge in [-0.25, -0.2) is 4.79 Å². The summed E-state index contributed by atoms with van der Waals surface area (Å²) in [5, 5.41) is 2.95. The van der Waals surface area contributed by atoms with Gasteiger partial charge >= 0.3 is 6.03 Å². The molecule has 0 spiro atoms. The van der Waals surface area contributed by atoms with Gasteiger partial charge in [0.1, 0.15) is 0 Å². The van der Waals surface area contributed by atoms with E-state index < -0.39 is 0 Å². The van der Waals surface area contributed by atoms with E-state index in [0.717, 1.165) is 31.9 Å². The molecule has 1 saturated heterocycles. The molecule has 2 aromatic rings. The third-order valence-electron chi connectivity index (χ3n) is 4.41. The highest BCUT2D eigenvalue weighted by molar-refractivity contribution is 5.74. The molecule has 1 aromatic heterocycles. The lowest BCUT2D eigenvalue weighted by Gasteiger charge is -2.36. The van der Waals surface area contributed by atoms with E-state index in [9.17, 15) is 4.79 Å². The number of aromatic nitrogens is 1. The van der Waals surface area contributed by atoms with Crippen LogP contribution in [-0.2, 0) is 6.54 Å². The average molecular weight is 324 g/mol. The normalized spacial score (nSPS) is 14.6. The van der Waals surface area contributed by atoms with E-state index in [0.29, 0.717) is 6.54 Å². The largest absolute Gasteiger partial charge is 0.368 e. The van der Waals surface area contributed by atoms with Crippen LogP contribution >= 0.6 is 0 Å². The van der Waals surface area contributed by atoms with Gasteiger partial charge in [0.2, 0.25) is 0 Å². The highest BCUT2D eigenvalue weighted by Crippen LogP contribution is 2.22. The summed E-state index contributed by atoms with van der Waals surface area (Å²) in [6.07, 6.45) is 1.74. The first-order valence-corrected chi connectivity index (χ1v) is 8.38. The summed E-state index contributed by atoms with van der Waals surface area (Å²) in [5.41, 5.74) is 4.72. The molecule has 5 heteroatoms. The fourth-order valence-corrected chi connectivity index (χ4v) is 3.09. The van der Waals surface area contributed by atoms with Gasteiger partial charge in [0.25, 0.3) is 0 Å². The van der Waals surface area contributed by atoms with Crippen molar-refractivity contribution in [3.63, 3.8) is 0 Å². The van der Waals surface area contributed by atoms with Gasteiger partial charge in [-0.3, -0.25) is 4.98 Å². The van der Waals surface area contributed by atoms with Crippen LogP contribution in [0.15, 0.2) is 42.6 Å². The monoisotopic (exact) mass is 324 g/mol. The molecule has 0 radical (unpaired) electrons. The van der Waals surface area contributed by atoms with Crippen molar-refractivity contribution in [2.24, 2.45) is 0 Å². The lowest BCUT2D eigenvalue weighted by molar-refractivity contribution is 0.194. The molecule has 1 aromatic carbocycles. The molecule has 0 bridgehead atoms. The summed E-state index contributed by atoms with van der Waals surface area (Å²) in [5.74, 6) is 0. The molecule has 0 atom stereocenters. The summed E-state index contributed by atoms with van der Waals surface area (Å²) in [4.78, 5) is 20.8. The summed E-state index contributed by atoms with van der Waals surface area (Å²) in [6, 6.07) is 12.2. The molecule has 1 N–H and O–H groups in total. The Balaban J connectivity index is 1.52. The van der Waals surface area contributed by atoms with Crippen molar-refractivity contribution in [3.8, 4) is 0 Å². The topological polar surface area (TPSA) is 48.5 Å². The van der Waals surface area contributed by atoms with Crippen molar-refractivity contribution in [3.05, 3.63) is 59.4 Å². The Morgan fingerprint density at radius 2 is 1.92 bits per heavy atom. The Morgan fingerprint density at radius 3 is 2.58 bits per heavy atom. The number of nitrogens with zero attached hydrogens (tertiary/aromatic N) is 3. The fourth-order valence-electron chi connectivity index (χ4n) is 3.09. The van der Waals surface area contributed by atoms with Gasteiger partial charge in [-0.05, 0) is 37.6 Å². The van der Waals surface area contributed by atoms with Crippen LogP contribution in [0.3, 0.4) is 0 Å². The Hall–Kier alpha value is -2.56. The van der Waals surface area contributed by atoms with Crippen molar-refractivity contribution >= 4 is 11.7 Å². The number of urea groups is 1. The summed E-state index contributed by atoms with van der Waals surface area (Å²) in [7, 11) is 0. The van der Waals surface area contributed by atoms with Crippen LogP contribution in [-0.4, -0.2) is 42.1 Å². The highest BCUT2D eigenvalue weighted by atomic mass is 16.2. The summed E-state index contributed by atoms with van der Waals surface area (Å²) < 4.78 is 0. The minimum atomic E-state index is -0.0130. The van der Waals surface area contributed by atoms with Gasteiger partial charge < -0.3 is 15.1 Å². The zero-order chi connectivity index (χ0) is 16.9. The van der Waals surface area contributed by atoms with Crippen LogP contribution in [0.25, 0.3) is 0 Å². The lowest BCUT2D eigenvalue weighted by Crippen LogP contribution is -2.51. The maximum Gasteiger partial charge on any atom is 0.317 e. The molecule has 2 heterocycles. The number of nitrogens with one attached hydrogen (secondary N) is 1. The van der Waals surface area contributed by atoms with Gasteiger partial charge in [0, 0.05) is 38.1 Å². The number of hydrogen-bond donors (Lipinski definition) is 1. The highest BCUT2D eigenvalue weighted by Gasteiger charge is 2.21. The van der Waals surface area contributed by atoms with Crippen molar-refractivity contribution < 1.29 is 4.79 Å². The van der Waals surface area contributed by atoms with E-state index >= 15 is 0 Å². The van der Waals surface area contributed by atoms with E-state index in [1.54, 1.807) is 6.20 Å². The van der Waals surface area contributed by atoms with Crippen LogP contribution < -0.4 is 10.2 Å². The van der Waals surface area contributed by atoms with Gasteiger partial charge in [-0.2, -0.15) is 0 Å². The molecule has 0 unspecified atom stereocenters. The second-order valence-electron chi connectivity index (χ2n) is 6.24.